The Labute approximate surface area is 139 Å². The van der Waals surface area contributed by atoms with Crippen LogP contribution >= 0.6 is 27.5 Å². The van der Waals surface area contributed by atoms with Crippen LogP contribution in [-0.4, -0.2) is 7.11 Å². The van der Waals surface area contributed by atoms with Crippen molar-refractivity contribution in [2.75, 3.05) is 7.11 Å². The molecule has 2 nitrogen and oxygen atoms in total. The lowest BCUT2D eigenvalue weighted by Gasteiger charge is -2.22. The Hall–Kier alpha value is -1.03. The number of ether oxygens (including phenoxy) is 1. The van der Waals surface area contributed by atoms with Crippen molar-refractivity contribution in [3.8, 4) is 5.75 Å². The summed E-state index contributed by atoms with van der Waals surface area (Å²) in [5.74, 6) is 0.871. The van der Waals surface area contributed by atoms with Gasteiger partial charge in [0.1, 0.15) is 5.75 Å². The quantitative estimate of drug-likeness (QED) is 0.750. The van der Waals surface area contributed by atoms with Crippen molar-refractivity contribution >= 4 is 27.5 Å². The zero-order chi connectivity index (χ0) is 15.4. The molecule has 0 fully saturated rings. The molecule has 2 rings (SSSR count). The standard InChI is InChI=1S/C17H19BrClNO/c1-11(13-5-4-6-15(9-13)21-3)20-12(2)16-8-7-14(18)10-17(16)19/h4-12,20H,1-3H3/t11-,12?/m1/s1. The topological polar surface area (TPSA) is 21.3 Å². The fourth-order valence-electron chi connectivity index (χ4n) is 2.32. The van der Waals surface area contributed by atoms with Crippen molar-refractivity contribution in [1.82, 2.24) is 5.32 Å². The van der Waals surface area contributed by atoms with E-state index in [1.165, 1.54) is 5.56 Å². The zero-order valence-electron chi connectivity index (χ0n) is 12.4. The van der Waals surface area contributed by atoms with Gasteiger partial charge in [0.25, 0.3) is 0 Å². The molecule has 0 amide bonds. The van der Waals surface area contributed by atoms with E-state index in [1.807, 2.05) is 36.4 Å². The van der Waals surface area contributed by atoms with Gasteiger partial charge in [-0.15, -0.1) is 0 Å². The van der Waals surface area contributed by atoms with Crippen LogP contribution in [0, 0.1) is 0 Å². The highest BCUT2D eigenvalue weighted by molar-refractivity contribution is 9.10. The molecule has 21 heavy (non-hydrogen) atoms. The van der Waals surface area contributed by atoms with Crippen LogP contribution in [0.3, 0.4) is 0 Å². The molecule has 0 aliphatic rings. The normalized spacial score (nSPS) is 13.8. The van der Waals surface area contributed by atoms with E-state index in [2.05, 4.69) is 41.2 Å². The molecule has 0 aliphatic carbocycles. The minimum absolute atomic E-state index is 0.159. The van der Waals surface area contributed by atoms with Gasteiger partial charge in [-0.3, -0.25) is 0 Å². The molecule has 1 N–H and O–H groups in total. The van der Waals surface area contributed by atoms with E-state index < -0.39 is 0 Å². The first kappa shape index (κ1) is 16.3. The minimum atomic E-state index is 0.159. The lowest BCUT2D eigenvalue weighted by Crippen LogP contribution is -2.22. The Morgan fingerprint density at radius 2 is 1.86 bits per heavy atom. The molecule has 0 aromatic heterocycles. The monoisotopic (exact) mass is 367 g/mol. The van der Waals surface area contributed by atoms with Crippen LogP contribution < -0.4 is 10.1 Å². The molecule has 0 heterocycles. The molecule has 0 spiro atoms. The Morgan fingerprint density at radius 3 is 2.52 bits per heavy atom. The fourth-order valence-corrected chi connectivity index (χ4v) is 3.16. The van der Waals surface area contributed by atoms with Gasteiger partial charge in [-0.05, 0) is 49.2 Å². The van der Waals surface area contributed by atoms with E-state index in [1.54, 1.807) is 7.11 Å². The maximum Gasteiger partial charge on any atom is 0.119 e. The third kappa shape index (κ3) is 4.22. The number of halogens is 2. The number of nitrogens with one attached hydrogen (secondary N) is 1. The summed E-state index contributed by atoms with van der Waals surface area (Å²) in [5, 5.41) is 4.33. The summed E-state index contributed by atoms with van der Waals surface area (Å²) in [6, 6.07) is 14.4. The van der Waals surface area contributed by atoms with Gasteiger partial charge in [0, 0.05) is 21.6 Å². The summed E-state index contributed by atoms with van der Waals surface area (Å²) in [5.41, 5.74) is 2.28. The van der Waals surface area contributed by atoms with Crippen molar-refractivity contribution in [2.45, 2.75) is 25.9 Å². The zero-order valence-corrected chi connectivity index (χ0v) is 14.7. The average molecular weight is 369 g/mol. The molecule has 0 saturated carbocycles. The molecule has 0 aliphatic heterocycles. The summed E-state index contributed by atoms with van der Waals surface area (Å²) in [7, 11) is 1.68. The minimum Gasteiger partial charge on any atom is -0.497 e. The molecular weight excluding hydrogens is 350 g/mol. The summed E-state index contributed by atoms with van der Waals surface area (Å²) in [6.45, 7) is 4.25. The van der Waals surface area contributed by atoms with Crippen LogP contribution in [0.2, 0.25) is 5.02 Å². The van der Waals surface area contributed by atoms with Crippen molar-refractivity contribution in [2.24, 2.45) is 0 Å². The van der Waals surface area contributed by atoms with Gasteiger partial charge in [0.05, 0.1) is 7.11 Å². The van der Waals surface area contributed by atoms with E-state index >= 15 is 0 Å². The van der Waals surface area contributed by atoms with Crippen LogP contribution in [-0.2, 0) is 0 Å². The van der Waals surface area contributed by atoms with E-state index in [4.69, 9.17) is 16.3 Å². The second-order valence-corrected chi connectivity index (χ2v) is 6.38. The highest BCUT2D eigenvalue weighted by Gasteiger charge is 2.14. The Bertz CT molecular complexity index is 617. The molecule has 0 bridgehead atoms. The summed E-state index contributed by atoms with van der Waals surface area (Å²) in [6.07, 6.45) is 0. The van der Waals surface area contributed by atoms with Crippen LogP contribution in [0.1, 0.15) is 37.1 Å². The van der Waals surface area contributed by atoms with Crippen molar-refractivity contribution in [3.05, 3.63) is 63.1 Å². The molecule has 0 radical (unpaired) electrons. The number of benzene rings is 2. The van der Waals surface area contributed by atoms with Crippen LogP contribution in [0.4, 0.5) is 0 Å². The first-order valence-electron chi connectivity index (χ1n) is 6.86. The molecule has 2 aromatic rings. The average Bonchev–Trinajstić information content (AvgIpc) is 2.47. The van der Waals surface area contributed by atoms with Gasteiger partial charge >= 0.3 is 0 Å². The molecular formula is C17H19BrClNO. The van der Waals surface area contributed by atoms with Gasteiger partial charge in [-0.25, -0.2) is 0 Å². The van der Waals surface area contributed by atoms with Gasteiger partial charge in [0.15, 0.2) is 0 Å². The summed E-state index contributed by atoms with van der Waals surface area (Å²) >= 11 is 9.74. The van der Waals surface area contributed by atoms with Crippen LogP contribution in [0.5, 0.6) is 5.75 Å². The van der Waals surface area contributed by atoms with Crippen molar-refractivity contribution < 1.29 is 4.74 Å². The Morgan fingerprint density at radius 1 is 1.10 bits per heavy atom. The fraction of sp³-hybridized carbons (Fsp3) is 0.294. The molecule has 0 saturated heterocycles. The van der Waals surface area contributed by atoms with Gasteiger partial charge in [-0.1, -0.05) is 45.7 Å². The van der Waals surface area contributed by atoms with Crippen LogP contribution in [0.15, 0.2) is 46.9 Å². The second kappa shape index (κ2) is 7.30. The summed E-state index contributed by atoms with van der Waals surface area (Å²) in [4.78, 5) is 0. The lowest BCUT2D eigenvalue weighted by atomic mass is 10.0. The maximum atomic E-state index is 6.31. The molecule has 2 atom stereocenters. The first-order valence-corrected chi connectivity index (χ1v) is 8.03. The number of hydrogen-bond donors (Lipinski definition) is 1. The molecule has 2 aromatic carbocycles. The largest absolute Gasteiger partial charge is 0.497 e. The number of methoxy groups -OCH3 is 1. The third-order valence-corrected chi connectivity index (χ3v) is 4.34. The highest BCUT2D eigenvalue weighted by atomic mass is 79.9. The van der Waals surface area contributed by atoms with Crippen molar-refractivity contribution in [1.29, 1.82) is 0 Å². The molecule has 1 unspecified atom stereocenters. The predicted octanol–water partition coefficient (Wildman–Crippen LogP) is 5.52. The second-order valence-electron chi connectivity index (χ2n) is 5.05. The van der Waals surface area contributed by atoms with E-state index in [0.29, 0.717) is 0 Å². The maximum absolute atomic E-state index is 6.31. The predicted molar refractivity (Wildman–Crippen MR) is 92.1 cm³/mol. The van der Waals surface area contributed by atoms with Crippen LogP contribution in [0.25, 0.3) is 0 Å². The molecule has 4 heteroatoms. The first-order chi connectivity index (χ1) is 10.0. The van der Waals surface area contributed by atoms with Gasteiger partial charge < -0.3 is 10.1 Å². The molecule has 112 valence electrons. The van der Waals surface area contributed by atoms with Crippen molar-refractivity contribution in [3.63, 3.8) is 0 Å². The van der Waals surface area contributed by atoms with Gasteiger partial charge in [0.2, 0.25) is 0 Å². The Kier molecular flexibility index (Phi) is 5.68. The third-order valence-electron chi connectivity index (χ3n) is 3.52. The number of rotatable bonds is 5. The van der Waals surface area contributed by atoms with Gasteiger partial charge in [-0.2, -0.15) is 0 Å². The highest BCUT2D eigenvalue weighted by Crippen LogP contribution is 2.28. The lowest BCUT2D eigenvalue weighted by molar-refractivity contribution is 0.412. The smallest absolute Gasteiger partial charge is 0.119 e. The van der Waals surface area contributed by atoms with E-state index in [0.717, 1.165) is 20.8 Å². The SMILES string of the molecule is COc1cccc([C@@H](C)NC(C)c2ccc(Br)cc2Cl)c1. The van der Waals surface area contributed by atoms with E-state index in [-0.39, 0.29) is 12.1 Å². The Balaban J connectivity index is 2.12. The number of hydrogen-bond acceptors (Lipinski definition) is 2. The summed E-state index contributed by atoms with van der Waals surface area (Å²) < 4.78 is 6.26. The van der Waals surface area contributed by atoms with E-state index in [9.17, 15) is 0 Å².